The van der Waals surface area contributed by atoms with E-state index < -0.39 is 41.6 Å². The molecule has 6 aromatic rings. The molecule has 82 heavy (non-hydrogen) atoms. The number of ether oxygens (including phenoxy) is 8. The van der Waals surface area contributed by atoms with Crippen molar-refractivity contribution in [2.75, 3.05) is 104 Å². The van der Waals surface area contributed by atoms with Gasteiger partial charge in [0.2, 0.25) is 5.91 Å². The number of nitrogens with one attached hydrogen (secondary N) is 3. The first-order chi connectivity index (χ1) is 39.1. The van der Waals surface area contributed by atoms with Gasteiger partial charge in [0.15, 0.2) is 11.5 Å². The molecule has 8 rings (SSSR count). The number of primary amides is 2. The summed E-state index contributed by atoms with van der Waals surface area (Å²) in [6, 6.07) is 38.3. The number of carbonyl (C=O) groups is 6. The number of hydrogen-bond acceptors (Lipinski definition) is 17. The van der Waals surface area contributed by atoms with Crippen LogP contribution in [0.3, 0.4) is 0 Å². The SMILES string of the molecule is C.COc1ccc(N)c(O)c1C(N)=O.COc1ccc(NC(=O)COCCOCCNC(=O)OCC2c3ccccc3-c3ccccc32)c(O)c1C(N)=O.O=C(O)COCCOCCNC(=O)OCC1c2ccccc2-c2ccccc21. The molecule has 0 fully saturated rings. The molecule has 23 nitrogen and oxygen atoms in total. The predicted molar refractivity (Wildman–Crippen MR) is 303 cm³/mol. The van der Waals surface area contributed by atoms with Crippen molar-refractivity contribution in [2.24, 2.45) is 11.5 Å². The van der Waals surface area contributed by atoms with E-state index in [0.29, 0.717) is 13.2 Å². The lowest BCUT2D eigenvalue weighted by molar-refractivity contribution is -0.142. The second kappa shape index (κ2) is 32.0. The number of phenols is 2. The number of aromatic hydroxyl groups is 2. The maximum absolute atomic E-state index is 12.2. The van der Waals surface area contributed by atoms with E-state index in [9.17, 15) is 39.0 Å². The first-order valence-electron chi connectivity index (χ1n) is 25.3. The Bertz CT molecular complexity index is 3060. The lowest BCUT2D eigenvalue weighted by Crippen LogP contribution is -2.29. The number of rotatable bonds is 25. The number of hydrogen-bond donors (Lipinski definition) is 9. The van der Waals surface area contributed by atoms with Gasteiger partial charge in [0.1, 0.15) is 49.1 Å². The van der Waals surface area contributed by atoms with Crippen LogP contribution in [0.25, 0.3) is 22.3 Å². The van der Waals surface area contributed by atoms with E-state index in [0.717, 1.165) is 22.3 Å². The fraction of sp³-hybridized carbons (Fsp3) is 0.288. The average Bonchev–Trinajstić information content (AvgIpc) is 3.31. The molecule has 12 N–H and O–H groups in total. The van der Waals surface area contributed by atoms with Gasteiger partial charge in [-0.15, -0.1) is 0 Å². The molecule has 0 spiro atoms. The molecule has 0 saturated carbocycles. The minimum Gasteiger partial charge on any atom is -0.505 e. The molecule has 0 atom stereocenters. The number of aliphatic carboxylic acids is 1. The molecule has 0 radical (unpaired) electrons. The molecule has 6 aromatic carbocycles. The third kappa shape index (κ3) is 17.3. The van der Waals surface area contributed by atoms with Crippen molar-refractivity contribution in [2.45, 2.75) is 19.3 Å². The molecular formula is C59H68N6O17. The number of fused-ring (bicyclic) bond motifs is 6. The zero-order chi connectivity index (χ0) is 58.3. The van der Waals surface area contributed by atoms with Gasteiger partial charge in [0.25, 0.3) is 11.8 Å². The lowest BCUT2D eigenvalue weighted by Gasteiger charge is -2.14. The first-order valence-corrected chi connectivity index (χ1v) is 25.3. The van der Waals surface area contributed by atoms with Gasteiger partial charge in [0.05, 0.1) is 65.2 Å². The van der Waals surface area contributed by atoms with Crippen LogP contribution in [0.1, 0.15) is 62.2 Å². The number of amides is 5. The van der Waals surface area contributed by atoms with Gasteiger partial charge in [-0.05, 0) is 68.8 Å². The quantitative estimate of drug-likeness (QED) is 0.0171. The van der Waals surface area contributed by atoms with E-state index in [4.69, 9.17) is 60.2 Å². The predicted octanol–water partition coefficient (Wildman–Crippen LogP) is 6.37. The summed E-state index contributed by atoms with van der Waals surface area (Å²) in [7, 11) is 2.70. The van der Waals surface area contributed by atoms with Crippen molar-refractivity contribution >= 4 is 47.3 Å². The Morgan fingerprint density at radius 2 is 0.878 bits per heavy atom. The van der Waals surface area contributed by atoms with Crippen molar-refractivity contribution in [3.05, 3.63) is 155 Å². The molecule has 2 aliphatic rings. The molecule has 23 heteroatoms. The van der Waals surface area contributed by atoms with Gasteiger partial charge in [0, 0.05) is 24.9 Å². The summed E-state index contributed by atoms with van der Waals surface area (Å²) in [6.07, 6.45) is -1.02. The van der Waals surface area contributed by atoms with Crippen LogP contribution in [-0.4, -0.2) is 145 Å². The number of carbonyl (C=O) groups excluding carboxylic acids is 5. The minimum atomic E-state index is -1.02. The van der Waals surface area contributed by atoms with Crippen LogP contribution in [0.15, 0.2) is 121 Å². The van der Waals surface area contributed by atoms with Crippen LogP contribution < -0.4 is 42.6 Å². The van der Waals surface area contributed by atoms with Crippen molar-refractivity contribution in [1.29, 1.82) is 0 Å². The summed E-state index contributed by atoms with van der Waals surface area (Å²) in [5.41, 5.74) is 24.7. The fourth-order valence-corrected chi connectivity index (χ4v) is 8.78. The second-order valence-corrected chi connectivity index (χ2v) is 17.6. The number of carboxylic acid groups (broad SMARTS) is 1. The van der Waals surface area contributed by atoms with Gasteiger partial charge in [-0.3, -0.25) is 14.4 Å². The van der Waals surface area contributed by atoms with Crippen LogP contribution in [0.4, 0.5) is 21.0 Å². The van der Waals surface area contributed by atoms with Gasteiger partial charge in [-0.1, -0.05) is 104 Å². The van der Waals surface area contributed by atoms with Gasteiger partial charge < -0.3 is 86.4 Å². The van der Waals surface area contributed by atoms with E-state index >= 15 is 0 Å². The zero-order valence-electron chi connectivity index (χ0n) is 44.5. The van der Waals surface area contributed by atoms with E-state index in [1.807, 2.05) is 48.5 Å². The summed E-state index contributed by atoms with van der Waals surface area (Å²) in [5, 5.41) is 35.8. The molecule has 0 bridgehead atoms. The Balaban J connectivity index is 0.000000253. The maximum Gasteiger partial charge on any atom is 0.407 e. The average molecular weight is 1130 g/mol. The van der Waals surface area contributed by atoms with Crippen molar-refractivity contribution in [3.63, 3.8) is 0 Å². The van der Waals surface area contributed by atoms with E-state index in [2.05, 4.69) is 64.5 Å². The largest absolute Gasteiger partial charge is 0.505 e. The smallest absolute Gasteiger partial charge is 0.407 e. The van der Waals surface area contributed by atoms with Crippen LogP contribution in [0.2, 0.25) is 0 Å². The molecule has 0 unspecified atom stereocenters. The Labute approximate surface area is 473 Å². The molecule has 0 aliphatic heterocycles. The number of alkyl carbamates (subject to hydrolysis) is 2. The topological polar surface area (TPSA) is 351 Å². The Morgan fingerprint density at radius 3 is 1.28 bits per heavy atom. The summed E-state index contributed by atoms with van der Waals surface area (Å²) >= 11 is 0. The third-order valence-electron chi connectivity index (χ3n) is 12.4. The minimum absolute atomic E-state index is 0. The summed E-state index contributed by atoms with van der Waals surface area (Å²) in [6.45, 7) is 1.69. The molecule has 0 heterocycles. The summed E-state index contributed by atoms with van der Waals surface area (Å²) < 4.78 is 41.5. The van der Waals surface area contributed by atoms with Gasteiger partial charge in [-0.25, -0.2) is 14.4 Å². The van der Waals surface area contributed by atoms with E-state index in [1.54, 1.807) is 0 Å². The molecular weight excluding hydrogens is 1060 g/mol. The van der Waals surface area contributed by atoms with Gasteiger partial charge >= 0.3 is 18.2 Å². The lowest BCUT2D eigenvalue weighted by atomic mass is 9.98. The highest BCUT2D eigenvalue weighted by atomic mass is 16.6. The van der Waals surface area contributed by atoms with Crippen LogP contribution in [0.5, 0.6) is 23.0 Å². The standard InChI is InChI=1S/C29H31N3O8.C21H23NO6.C8H10N2O3.CH4/c1-37-24-11-10-23(27(34)26(24)28(30)35)32-25(33)17-39-15-14-38-13-12-31-29(36)40-16-22-20-8-4-2-6-18(20)19-7-3-5-9-21(19)22;23-20(24)14-27-12-11-26-10-9-22-21(25)28-13-19-17-7-3-1-5-15(17)16-6-2-4-8-18(16)19;1-13-5-3-2-4(9)7(11)6(5)8(10)12;/h2-11,22,34H,12-17H2,1H3,(H2,30,35)(H,31,36)(H,32,33);1-8,19H,9-14H2,(H,22,25)(H,23,24);2-3,11H,9H2,1H3,(H2,10,12);1H4. The van der Waals surface area contributed by atoms with E-state index in [1.165, 1.54) is 60.7 Å². The molecule has 0 saturated heterocycles. The normalized spacial score (nSPS) is 11.5. The number of anilines is 2. The number of nitrogen functional groups attached to an aromatic ring is 1. The monoisotopic (exact) mass is 1130 g/mol. The highest BCUT2D eigenvalue weighted by Crippen LogP contribution is 2.46. The van der Waals surface area contributed by atoms with Crippen molar-refractivity contribution in [1.82, 2.24) is 10.6 Å². The first kappa shape index (κ1) is 63.4. The van der Waals surface area contributed by atoms with Crippen molar-refractivity contribution < 1.29 is 82.0 Å². The molecule has 436 valence electrons. The number of benzene rings is 6. The van der Waals surface area contributed by atoms with Crippen molar-refractivity contribution in [3.8, 4) is 45.3 Å². The number of nitrogens with two attached hydrogens (primary N) is 3. The van der Waals surface area contributed by atoms with Gasteiger partial charge in [-0.2, -0.15) is 0 Å². The van der Waals surface area contributed by atoms with Crippen LogP contribution >= 0.6 is 0 Å². The number of carboxylic acids is 1. The maximum atomic E-state index is 12.2. The Hall–Kier alpha value is -9.42. The molecule has 5 amide bonds. The molecule has 0 aromatic heterocycles. The van der Waals surface area contributed by atoms with Crippen LogP contribution in [-0.2, 0) is 38.0 Å². The highest BCUT2D eigenvalue weighted by Gasteiger charge is 2.30. The molecule has 2 aliphatic carbocycles. The zero-order valence-corrected chi connectivity index (χ0v) is 44.5. The Kier molecular flexibility index (Phi) is 24.7. The summed E-state index contributed by atoms with van der Waals surface area (Å²) in [4.78, 5) is 69.0. The fourth-order valence-electron chi connectivity index (χ4n) is 8.78. The van der Waals surface area contributed by atoms with Crippen LogP contribution in [0, 0.1) is 0 Å². The second-order valence-electron chi connectivity index (χ2n) is 17.6. The third-order valence-corrected chi connectivity index (χ3v) is 12.4. The summed E-state index contributed by atoms with van der Waals surface area (Å²) in [5.74, 6) is -3.76. The number of methoxy groups -OCH3 is 2. The van der Waals surface area contributed by atoms with E-state index in [-0.39, 0.29) is 125 Å². The Morgan fingerprint density at radius 1 is 0.500 bits per heavy atom. The highest BCUT2D eigenvalue weighted by molar-refractivity contribution is 6.03.